The van der Waals surface area contributed by atoms with Crippen molar-refractivity contribution in [1.29, 1.82) is 0 Å². The number of benzene rings is 1. The molecule has 1 amide bonds. The van der Waals surface area contributed by atoms with E-state index in [9.17, 15) is 4.79 Å². The van der Waals surface area contributed by atoms with Crippen molar-refractivity contribution in [2.75, 3.05) is 6.54 Å². The lowest BCUT2D eigenvalue weighted by atomic mass is 10.1. The summed E-state index contributed by atoms with van der Waals surface area (Å²) in [5.41, 5.74) is 6.12. The summed E-state index contributed by atoms with van der Waals surface area (Å²) in [7, 11) is 0. The number of amides is 1. The highest BCUT2D eigenvalue weighted by Gasteiger charge is 2.20. The number of halogens is 1. The number of cyclic esters (lactones) is 1. The molecule has 5 heteroatoms. The Morgan fingerprint density at radius 3 is 2.71 bits per heavy atom. The fraction of sp³-hybridized carbons (Fsp3) is 0.222. The topological polar surface area (TPSA) is 50.4 Å². The highest BCUT2D eigenvalue weighted by atomic mass is 79.9. The first-order chi connectivity index (χ1) is 6.75. The van der Waals surface area contributed by atoms with Crippen LogP contribution in [-0.2, 0) is 4.74 Å². The Morgan fingerprint density at radius 2 is 2.07 bits per heavy atom. The van der Waals surface area contributed by atoms with Gasteiger partial charge in [-0.1, -0.05) is 28.1 Å². The average Bonchev–Trinajstić information content (AvgIpc) is 2.19. The normalized spacial score (nSPS) is 21.2. The second kappa shape index (κ2) is 3.98. The minimum Gasteiger partial charge on any atom is -0.439 e. The highest BCUT2D eigenvalue weighted by Crippen LogP contribution is 2.20. The molecule has 14 heavy (non-hydrogen) atoms. The minimum atomic E-state index is -0.441. The number of ether oxygens (including phenoxy) is 1. The molecule has 74 valence electrons. The van der Waals surface area contributed by atoms with E-state index in [1.165, 1.54) is 0 Å². The fourth-order valence-corrected chi connectivity index (χ4v) is 1.54. The molecular weight excluding hydrogens is 248 g/mol. The fourth-order valence-electron chi connectivity index (χ4n) is 1.28. The molecule has 0 saturated carbocycles. The van der Waals surface area contributed by atoms with E-state index in [4.69, 9.17) is 4.74 Å². The summed E-state index contributed by atoms with van der Waals surface area (Å²) >= 11 is 3.35. The molecule has 0 bridgehead atoms. The van der Waals surface area contributed by atoms with E-state index >= 15 is 0 Å². The monoisotopic (exact) mass is 256 g/mol. The van der Waals surface area contributed by atoms with E-state index in [1.807, 2.05) is 24.3 Å². The number of carbonyl (C=O) groups is 1. The SMILES string of the molecule is O=C1NNCC(c2ccc(Br)cc2)O1. The van der Waals surface area contributed by atoms with Crippen LogP contribution in [0.4, 0.5) is 4.79 Å². The van der Waals surface area contributed by atoms with Gasteiger partial charge in [0.15, 0.2) is 0 Å². The van der Waals surface area contributed by atoms with Gasteiger partial charge in [-0.15, -0.1) is 0 Å². The van der Waals surface area contributed by atoms with Crippen LogP contribution in [0.25, 0.3) is 0 Å². The highest BCUT2D eigenvalue weighted by molar-refractivity contribution is 9.10. The maximum Gasteiger partial charge on any atom is 0.422 e. The molecule has 1 aliphatic rings. The van der Waals surface area contributed by atoms with Gasteiger partial charge in [-0.3, -0.25) is 5.43 Å². The van der Waals surface area contributed by atoms with E-state index in [-0.39, 0.29) is 6.10 Å². The largest absolute Gasteiger partial charge is 0.439 e. The third-order valence-corrected chi connectivity index (χ3v) is 2.50. The Labute approximate surface area is 89.7 Å². The number of hydrazine groups is 1. The Bertz CT molecular complexity index is 339. The predicted molar refractivity (Wildman–Crippen MR) is 54.5 cm³/mol. The Balaban J connectivity index is 2.14. The number of hydrogen-bond acceptors (Lipinski definition) is 3. The van der Waals surface area contributed by atoms with Crippen molar-refractivity contribution in [3.8, 4) is 0 Å². The van der Waals surface area contributed by atoms with Gasteiger partial charge in [-0.05, 0) is 17.7 Å². The third-order valence-electron chi connectivity index (χ3n) is 1.97. The van der Waals surface area contributed by atoms with Crippen LogP contribution in [0.2, 0.25) is 0 Å². The molecule has 1 atom stereocenters. The lowest BCUT2D eigenvalue weighted by Gasteiger charge is -2.24. The lowest BCUT2D eigenvalue weighted by Crippen LogP contribution is -2.46. The maximum atomic E-state index is 10.9. The standard InChI is InChI=1S/C9H9BrN2O2/c10-7-3-1-6(2-4-7)8-5-11-12-9(13)14-8/h1-4,8,11H,5H2,(H,12,13). The van der Waals surface area contributed by atoms with Crippen LogP contribution in [0.5, 0.6) is 0 Å². The van der Waals surface area contributed by atoms with Gasteiger partial charge < -0.3 is 4.74 Å². The zero-order valence-electron chi connectivity index (χ0n) is 7.29. The summed E-state index contributed by atoms with van der Waals surface area (Å²) < 4.78 is 6.09. The van der Waals surface area contributed by atoms with Crippen LogP contribution in [0.15, 0.2) is 28.7 Å². The summed E-state index contributed by atoms with van der Waals surface area (Å²) in [5.74, 6) is 0. The number of hydrogen-bond donors (Lipinski definition) is 2. The average molecular weight is 257 g/mol. The predicted octanol–water partition coefficient (Wildman–Crippen LogP) is 1.73. The van der Waals surface area contributed by atoms with E-state index in [0.29, 0.717) is 6.54 Å². The smallest absolute Gasteiger partial charge is 0.422 e. The lowest BCUT2D eigenvalue weighted by molar-refractivity contribution is 0.0679. The molecule has 0 aliphatic carbocycles. The van der Waals surface area contributed by atoms with Crippen LogP contribution in [0.3, 0.4) is 0 Å². The van der Waals surface area contributed by atoms with Crippen LogP contribution in [-0.4, -0.2) is 12.6 Å². The summed E-state index contributed by atoms with van der Waals surface area (Å²) in [6.45, 7) is 0.577. The van der Waals surface area contributed by atoms with E-state index in [2.05, 4.69) is 26.8 Å². The zero-order chi connectivity index (χ0) is 9.97. The van der Waals surface area contributed by atoms with Gasteiger partial charge in [0.2, 0.25) is 0 Å². The molecule has 1 aliphatic heterocycles. The van der Waals surface area contributed by atoms with Crippen molar-refractivity contribution in [1.82, 2.24) is 10.9 Å². The number of rotatable bonds is 1. The molecule has 1 fully saturated rings. The van der Waals surface area contributed by atoms with Gasteiger partial charge in [0, 0.05) is 4.47 Å². The Kier molecular flexibility index (Phi) is 2.69. The van der Waals surface area contributed by atoms with Gasteiger partial charge in [0.05, 0.1) is 6.54 Å². The first-order valence-electron chi connectivity index (χ1n) is 4.20. The van der Waals surface area contributed by atoms with Crippen molar-refractivity contribution in [3.63, 3.8) is 0 Å². The number of carbonyl (C=O) groups excluding carboxylic acids is 1. The number of nitrogens with one attached hydrogen (secondary N) is 2. The summed E-state index contributed by atoms with van der Waals surface area (Å²) in [4.78, 5) is 10.9. The van der Waals surface area contributed by atoms with Crippen molar-refractivity contribution < 1.29 is 9.53 Å². The molecule has 4 nitrogen and oxygen atoms in total. The van der Waals surface area contributed by atoms with Gasteiger partial charge in [-0.2, -0.15) is 0 Å². The third kappa shape index (κ3) is 2.05. The molecule has 0 radical (unpaired) electrons. The molecule has 1 unspecified atom stereocenters. The van der Waals surface area contributed by atoms with Crippen LogP contribution >= 0.6 is 15.9 Å². The van der Waals surface area contributed by atoms with Crippen molar-refractivity contribution in [2.45, 2.75) is 6.10 Å². The summed E-state index contributed by atoms with van der Waals surface area (Å²) in [6, 6.07) is 7.69. The summed E-state index contributed by atoms with van der Waals surface area (Å²) in [5, 5.41) is 0. The van der Waals surface area contributed by atoms with Crippen molar-refractivity contribution in [2.24, 2.45) is 0 Å². The molecule has 1 saturated heterocycles. The minimum absolute atomic E-state index is 0.211. The quantitative estimate of drug-likeness (QED) is 0.805. The Morgan fingerprint density at radius 1 is 1.36 bits per heavy atom. The molecule has 2 rings (SSSR count). The molecule has 1 aromatic rings. The van der Waals surface area contributed by atoms with Gasteiger partial charge in [0.25, 0.3) is 0 Å². The molecule has 1 heterocycles. The molecular formula is C9H9BrN2O2. The van der Waals surface area contributed by atoms with Gasteiger partial charge in [0.1, 0.15) is 6.10 Å². The second-order valence-electron chi connectivity index (χ2n) is 2.95. The zero-order valence-corrected chi connectivity index (χ0v) is 8.87. The van der Waals surface area contributed by atoms with E-state index < -0.39 is 6.09 Å². The second-order valence-corrected chi connectivity index (χ2v) is 3.87. The van der Waals surface area contributed by atoms with Crippen LogP contribution < -0.4 is 10.9 Å². The first kappa shape index (κ1) is 9.48. The molecule has 2 N–H and O–H groups in total. The Hall–Kier alpha value is -1.07. The van der Waals surface area contributed by atoms with Crippen molar-refractivity contribution in [3.05, 3.63) is 34.3 Å². The maximum absolute atomic E-state index is 10.9. The molecule has 0 spiro atoms. The van der Waals surface area contributed by atoms with Crippen LogP contribution in [0.1, 0.15) is 11.7 Å². The van der Waals surface area contributed by atoms with E-state index in [1.54, 1.807) is 0 Å². The van der Waals surface area contributed by atoms with Crippen LogP contribution in [0, 0.1) is 0 Å². The van der Waals surface area contributed by atoms with Gasteiger partial charge in [-0.25, -0.2) is 10.2 Å². The first-order valence-corrected chi connectivity index (χ1v) is 5.00. The molecule has 0 aromatic heterocycles. The summed E-state index contributed by atoms with van der Waals surface area (Å²) in [6.07, 6.45) is -0.652. The van der Waals surface area contributed by atoms with Crippen molar-refractivity contribution >= 4 is 22.0 Å². The molecule has 1 aromatic carbocycles. The van der Waals surface area contributed by atoms with Gasteiger partial charge >= 0.3 is 6.09 Å². The van der Waals surface area contributed by atoms with E-state index in [0.717, 1.165) is 10.0 Å².